The van der Waals surface area contributed by atoms with Crippen molar-refractivity contribution in [2.75, 3.05) is 13.1 Å². The fourth-order valence-electron chi connectivity index (χ4n) is 1.76. The van der Waals surface area contributed by atoms with Crippen LogP contribution in [0.3, 0.4) is 0 Å². The Labute approximate surface area is 108 Å². The summed E-state index contributed by atoms with van der Waals surface area (Å²) in [4.78, 5) is 32.1. The summed E-state index contributed by atoms with van der Waals surface area (Å²) in [6, 6.07) is 0. The van der Waals surface area contributed by atoms with Gasteiger partial charge in [-0.25, -0.2) is 9.50 Å². The molecule has 0 fully saturated rings. The minimum Gasteiger partial charge on any atom is -0.480 e. The van der Waals surface area contributed by atoms with Crippen molar-refractivity contribution >= 4 is 17.7 Å². The van der Waals surface area contributed by atoms with Crippen LogP contribution in [0.1, 0.15) is 23.0 Å². The summed E-state index contributed by atoms with van der Waals surface area (Å²) < 4.78 is 1.45. The van der Waals surface area contributed by atoms with E-state index in [4.69, 9.17) is 5.11 Å². The third-order valence-electron chi connectivity index (χ3n) is 2.77. The lowest BCUT2D eigenvalue weighted by molar-refractivity contribution is -0.137. The van der Waals surface area contributed by atoms with Crippen LogP contribution < -0.4 is 0 Å². The number of fused-ring (bicyclic) bond motifs is 1. The van der Waals surface area contributed by atoms with E-state index in [0.29, 0.717) is 23.6 Å². The predicted molar refractivity (Wildman–Crippen MR) is 64.7 cm³/mol. The number of rotatable bonds is 4. The van der Waals surface area contributed by atoms with Crippen molar-refractivity contribution < 1.29 is 14.7 Å². The molecule has 2 aromatic rings. The monoisotopic (exact) mass is 263 g/mol. The number of carboxylic acid groups (broad SMARTS) is 1. The van der Waals surface area contributed by atoms with E-state index in [2.05, 4.69) is 15.1 Å². The summed E-state index contributed by atoms with van der Waals surface area (Å²) in [7, 11) is 0. The molecule has 0 radical (unpaired) electrons. The Kier molecular flexibility index (Phi) is 3.41. The second-order valence-corrected chi connectivity index (χ2v) is 3.94. The molecule has 1 N–H and O–H groups in total. The highest BCUT2D eigenvalue weighted by Crippen LogP contribution is 2.10. The lowest BCUT2D eigenvalue weighted by Crippen LogP contribution is -2.36. The number of hydrogen-bond donors (Lipinski definition) is 1. The lowest BCUT2D eigenvalue weighted by Gasteiger charge is -2.19. The van der Waals surface area contributed by atoms with Gasteiger partial charge in [-0.15, -0.1) is 0 Å². The van der Waals surface area contributed by atoms with Gasteiger partial charge in [0.15, 0.2) is 0 Å². The predicted octanol–water partition coefficient (Wildman–Crippen LogP) is -0.0206. The Morgan fingerprint density at radius 3 is 2.79 bits per heavy atom. The molecule has 0 aliphatic heterocycles. The Balaban J connectivity index is 2.39. The number of hydrogen-bond acceptors (Lipinski definition) is 5. The first-order valence-electron chi connectivity index (χ1n) is 5.71. The fraction of sp³-hybridized carbons (Fsp3) is 0.364. The van der Waals surface area contributed by atoms with E-state index in [9.17, 15) is 9.59 Å². The zero-order valence-electron chi connectivity index (χ0n) is 10.6. The topological polar surface area (TPSA) is 101 Å². The van der Waals surface area contributed by atoms with Gasteiger partial charge in [0.05, 0.1) is 11.3 Å². The SMILES string of the molecule is CCN(CC(=O)O)C(=O)c1cnc2ncnn2c1C. The minimum absolute atomic E-state index is 0.306. The molecule has 100 valence electrons. The maximum atomic E-state index is 12.3. The largest absolute Gasteiger partial charge is 0.480 e. The van der Waals surface area contributed by atoms with Crippen LogP contribution in [0.15, 0.2) is 12.5 Å². The third kappa shape index (κ3) is 2.37. The lowest BCUT2D eigenvalue weighted by atomic mass is 10.2. The summed E-state index contributed by atoms with van der Waals surface area (Å²) in [5.74, 6) is -1.04. The van der Waals surface area contributed by atoms with Crippen molar-refractivity contribution in [2.45, 2.75) is 13.8 Å². The van der Waals surface area contributed by atoms with Crippen molar-refractivity contribution in [2.24, 2.45) is 0 Å². The van der Waals surface area contributed by atoms with Gasteiger partial charge in [0, 0.05) is 12.7 Å². The number of carbonyl (C=O) groups excluding carboxylic acids is 1. The summed E-state index contributed by atoms with van der Waals surface area (Å²) in [5, 5.41) is 12.7. The maximum Gasteiger partial charge on any atom is 0.323 e. The molecule has 2 aromatic heterocycles. The van der Waals surface area contributed by atoms with E-state index in [1.807, 2.05) is 0 Å². The standard InChI is InChI=1S/C11H13N5O3/c1-3-15(5-9(17)18)10(19)8-4-12-11-13-6-14-16(11)7(8)2/h4,6H,3,5H2,1-2H3,(H,17,18). The summed E-state index contributed by atoms with van der Waals surface area (Å²) >= 11 is 0. The van der Waals surface area contributed by atoms with Gasteiger partial charge in [-0.05, 0) is 13.8 Å². The van der Waals surface area contributed by atoms with E-state index in [1.165, 1.54) is 21.9 Å². The van der Waals surface area contributed by atoms with Gasteiger partial charge in [-0.2, -0.15) is 10.1 Å². The van der Waals surface area contributed by atoms with Crippen molar-refractivity contribution in [1.29, 1.82) is 0 Å². The number of aryl methyl sites for hydroxylation is 1. The first kappa shape index (κ1) is 12.9. The molecule has 0 saturated carbocycles. The number of aromatic nitrogens is 4. The second kappa shape index (κ2) is 5.01. The molecule has 8 nitrogen and oxygen atoms in total. The number of carbonyl (C=O) groups is 2. The quantitative estimate of drug-likeness (QED) is 0.831. The number of likely N-dealkylation sites (N-methyl/N-ethyl adjacent to an activating group) is 1. The molecule has 0 aromatic carbocycles. The number of nitrogens with zero attached hydrogens (tertiary/aromatic N) is 5. The highest BCUT2D eigenvalue weighted by atomic mass is 16.4. The zero-order chi connectivity index (χ0) is 14.0. The van der Waals surface area contributed by atoms with Gasteiger partial charge >= 0.3 is 5.97 Å². The van der Waals surface area contributed by atoms with Crippen molar-refractivity contribution in [3.05, 3.63) is 23.8 Å². The van der Waals surface area contributed by atoms with Crippen LogP contribution >= 0.6 is 0 Å². The molecule has 2 rings (SSSR count). The molecule has 0 unspecified atom stereocenters. The summed E-state index contributed by atoms with van der Waals surface area (Å²) in [6.45, 7) is 3.40. The molecule has 0 saturated heterocycles. The van der Waals surface area contributed by atoms with Crippen LogP contribution in [0.4, 0.5) is 0 Å². The maximum absolute atomic E-state index is 12.3. The van der Waals surface area contributed by atoms with Crippen molar-refractivity contribution in [3.8, 4) is 0 Å². The molecule has 2 heterocycles. The molecule has 8 heteroatoms. The Bertz CT molecular complexity index is 636. The molecule has 0 aliphatic rings. The van der Waals surface area contributed by atoms with Crippen molar-refractivity contribution in [1.82, 2.24) is 24.5 Å². The van der Waals surface area contributed by atoms with E-state index >= 15 is 0 Å². The van der Waals surface area contributed by atoms with Crippen LogP contribution in [0.5, 0.6) is 0 Å². The average Bonchev–Trinajstić information content (AvgIpc) is 2.84. The van der Waals surface area contributed by atoms with Gasteiger partial charge in [0.25, 0.3) is 11.7 Å². The van der Waals surface area contributed by atoms with E-state index < -0.39 is 5.97 Å². The Hall–Kier alpha value is -2.51. The van der Waals surface area contributed by atoms with Gasteiger partial charge < -0.3 is 10.0 Å². The minimum atomic E-state index is -1.05. The normalized spacial score (nSPS) is 10.6. The van der Waals surface area contributed by atoms with Gasteiger partial charge in [0.2, 0.25) is 0 Å². The summed E-state index contributed by atoms with van der Waals surface area (Å²) in [6.07, 6.45) is 2.74. The Morgan fingerprint density at radius 2 is 2.16 bits per heavy atom. The third-order valence-corrected chi connectivity index (χ3v) is 2.77. The molecule has 1 amide bonds. The molecular weight excluding hydrogens is 250 g/mol. The number of amides is 1. The highest BCUT2D eigenvalue weighted by Gasteiger charge is 2.20. The molecular formula is C11H13N5O3. The van der Waals surface area contributed by atoms with Crippen LogP contribution in [-0.2, 0) is 4.79 Å². The fourth-order valence-corrected chi connectivity index (χ4v) is 1.76. The first-order chi connectivity index (χ1) is 9.04. The van der Waals surface area contributed by atoms with E-state index in [-0.39, 0.29) is 12.5 Å². The molecule has 0 bridgehead atoms. The molecule has 0 aliphatic carbocycles. The highest BCUT2D eigenvalue weighted by molar-refractivity contribution is 5.96. The van der Waals surface area contributed by atoms with Gasteiger partial charge in [-0.3, -0.25) is 9.59 Å². The van der Waals surface area contributed by atoms with Gasteiger partial charge in [-0.1, -0.05) is 0 Å². The summed E-state index contributed by atoms with van der Waals surface area (Å²) in [5.41, 5.74) is 0.900. The molecule has 0 spiro atoms. The first-order valence-corrected chi connectivity index (χ1v) is 5.71. The zero-order valence-corrected chi connectivity index (χ0v) is 10.6. The molecule has 0 atom stereocenters. The Morgan fingerprint density at radius 1 is 1.42 bits per heavy atom. The van der Waals surface area contributed by atoms with Crippen LogP contribution in [0.25, 0.3) is 5.78 Å². The van der Waals surface area contributed by atoms with Crippen LogP contribution in [0.2, 0.25) is 0 Å². The van der Waals surface area contributed by atoms with Crippen LogP contribution in [-0.4, -0.2) is 54.6 Å². The average molecular weight is 263 g/mol. The van der Waals surface area contributed by atoms with Crippen molar-refractivity contribution in [3.63, 3.8) is 0 Å². The van der Waals surface area contributed by atoms with E-state index in [1.54, 1.807) is 13.8 Å². The van der Waals surface area contributed by atoms with Crippen LogP contribution in [0, 0.1) is 6.92 Å². The van der Waals surface area contributed by atoms with Gasteiger partial charge in [0.1, 0.15) is 12.9 Å². The smallest absolute Gasteiger partial charge is 0.323 e. The second-order valence-electron chi connectivity index (χ2n) is 3.94. The number of aliphatic carboxylic acids is 1. The molecule has 19 heavy (non-hydrogen) atoms. The van der Waals surface area contributed by atoms with E-state index in [0.717, 1.165) is 0 Å². The number of carboxylic acids is 1.